The number of esters is 1. The van der Waals surface area contributed by atoms with Gasteiger partial charge < -0.3 is 25.0 Å². The summed E-state index contributed by atoms with van der Waals surface area (Å²) in [4.78, 5) is 54.7. The minimum absolute atomic E-state index is 0.0127. The second kappa shape index (κ2) is 16.5. The largest absolute Gasteiger partial charge is 0.466 e. The molecule has 9 heteroatoms. The zero-order chi connectivity index (χ0) is 31.3. The molecule has 0 aromatic heterocycles. The molecular formula is C33H47N3O6. The molecule has 0 aliphatic carbocycles. The highest BCUT2D eigenvalue weighted by Crippen LogP contribution is 2.28. The molecule has 0 saturated carbocycles. The number of carbonyl (C=O) groups excluding carboxylic acids is 4. The molecule has 0 bridgehead atoms. The smallest absolute Gasteiger partial charge is 0.408 e. The van der Waals surface area contributed by atoms with Crippen molar-refractivity contribution in [2.45, 2.75) is 91.8 Å². The molecule has 0 saturated heterocycles. The first-order chi connectivity index (χ1) is 19.9. The number of ether oxygens (including phenoxy) is 2. The van der Waals surface area contributed by atoms with Gasteiger partial charge in [-0.15, -0.1) is 0 Å². The van der Waals surface area contributed by atoms with Gasteiger partial charge >= 0.3 is 12.1 Å². The van der Waals surface area contributed by atoms with Crippen LogP contribution in [0.1, 0.15) is 82.2 Å². The summed E-state index contributed by atoms with van der Waals surface area (Å²) in [6, 6.07) is 13.1. The lowest BCUT2D eigenvalue weighted by Crippen LogP contribution is -2.54. The van der Waals surface area contributed by atoms with Crippen molar-refractivity contribution < 1.29 is 28.7 Å². The molecule has 230 valence electrons. The van der Waals surface area contributed by atoms with Gasteiger partial charge in [0.15, 0.2) is 0 Å². The van der Waals surface area contributed by atoms with Crippen LogP contribution in [0.25, 0.3) is 0 Å². The molecule has 2 aromatic carbocycles. The lowest BCUT2D eigenvalue weighted by Gasteiger charge is -2.35. The Labute approximate surface area is 250 Å². The molecule has 9 nitrogen and oxygen atoms in total. The highest BCUT2D eigenvalue weighted by Gasteiger charge is 2.37. The number of unbranched alkanes of at least 4 members (excludes halogenated alkanes) is 1. The maximum absolute atomic E-state index is 14.4. The van der Waals surface area contributed by atoms with E-state index in [1.54, 1.807) is 32.6 Å². The van der Waals surface area contributed by atoms with Gasteiger partial charge in [-0.1, -0.05) is 61.9 Å². The van der Waals surface area contributed by atoms with Crippen LogP contribution < -0.4 is 10.6 Å². The minimum atomic E-state index is -0.987. The van der Waals surface area contributed by atoms with Crippen molar-refractivity contribution in [3.63, 3.8) is 0 Å². The van der Waals surface area contributed by atoms with Crippen LogP contribution in [0.4, 0.5) is 4.79 Å². The number of hydrogen-bond acceptors (Lipinski definition) is 6. The van der Waals surface area contributed by atoms with Gasteiger partial charge in [0.1, 0.15) is 17.7 Å². The number of nitrogens with one attached hydrogen (secondary N) is 2. The van der Waals surface area contributed by atoms with Gasteiger partial charge in [0.05, 0.1) is 13.0 Å². The van der Waals surface area contributed by atoms with Crippen molar-refractivity contribution in [1.82, 2.24) is 15.5 Å². The summed E-state index contributed by atoms with van der Waals surface area (Å²) < 4.78 is 10.5. The molecule has 0 fully saturated rings. The maximum Gasteiger partial charge on any atom is 0.408 e. The summed E-state index contributed by atoms with van der Waals surface area (Å²) in [6.07, 6.45) is 0.948. The summed E-state index contributed by atoms with van der Waals surface area (Å²) in [5.41, 5.74) is 2.64. The molecule has 42 heavy (non-hydrogen) atoms. The third-order valence-electron chi connectivity index (χ3n) is 6.74. The van der Waals surface area contributed by atoms with Crippen LogP contribution in [0.3, 0.4) is 0 Å². The molecular weight excluding hydrogens is 534 g/mol. The van der Waals surface area contributed by atoms with Crippen molar-refractivity contribution in [1.29, 1.82) is 0 Å². The highest BCUT2D eigenvalue weighted by molar-refractivity contribution is 5.92. The fourth-order valence-electron chi connectivity index (χ4n) is 4.53. The van der Waals surface area contributed by atoms with E-state index < -0.39 is 41.6 Å². The van der Waals surface area contributed by atoms with Crippen LogP contribution in [0, 0.1) is 13.8 Å². The van der Waals surface area contributed by atoms with Crippen LogP contribution in [0.2, 0.25) is 0 Å². The zero-order valence-electron chi connectivity index (χ0n) is 26.1. The summed E-state index contributed by atoms with van der Waals surface area (Å²) in [7, 11) is 0. The van der Waals surface area contributed by atoms with Crippen LogP contribution in [-0.4, -0.2) is 60.1 Å². The lowest BCUT2D eigenvalue weighted by molar-refractivity contribution is -0.144. The van der Waals surface area contributed by atoms with E-state index in [9.17, 15) is 19.2 Å². The molecule has 0 radical (unpaired) electrons. The molecule has 0 heterocycles. The Hall–Kier alpha value is -3.88. The second-order valence-electron chi connectivity index (χ2n) is 11.3. The summed E-state index contributed by atoms with van der Waals surface area (Å²) in [6.45, 7) is 13.5. The molecule has 2 aromatic rings. The SMILES string of the molecule is CCCCN(C(=O)C(Cc1ccccc1)NC(=O)OC(C)(C)C)C(C(=O)NCCC(=O)OCC)c1cccc(C)c1C. The number of nitrogens with zero attached hydrogens (tertiary/aromatic N) is 1. The highest BCUT2D eigenvalue weighted by atomic mass is 16.6. The topological polar surface area (TPSA) is 114 Å². The monoisotopic (exact) mass is 581 g/mol. The molecule has 3 amide bonds. The quantitative estimate of drug-likeness (QED) is 0.297. The Balaban J connectivity index is 2.53. The van der Waals surface area contributed by atoms with E-state index in [1.165, 1.54) is 0 Å². The standard InChI is InChI=1S/C33H47N3O6/c1-8-10-21-36(31(39)27(22-25-16-12-11-13-17-25)35-32(40)42-33(5,6)7)29(26-18-14-15-23(3)24(26)4)30(38)34-20-19-28(37)41-9-2/h11-18,27,29H,8-10,19-22H2,1-7H3,(H,34,38)(H,35,40). The lowest BCUT2D eigenvalue weighted by atomic mass is 9.94. The average molecular weight is 582 g/mol. The van der Waals surface area contributed by atoms with E-state index in [-0.39, 0.29) is 26.0 Å². The number of rotatable bonds is 14. The number of benzene rings is 2. The predicted molar refractivity (Wildman–Crippen MR) is 163 cm³/mol. The Kier molecular flexibility index (Phi) is 13.5. The number of amides is 3. The van der Waals surface area contributed by atoms with E-state index in [1.807, 2.05) is 69.3 Å². The van der Waals surface area contributed by atoms with Gasteiger partial charge in [-0.25, -0.2) is 4.79 Å². The molecule has 2 rings (SSSR count). The summed E-state index contributed by atoms with van der Waals surface area (Å²) >= 11 is 0. The van der Waals surface area contributed by atoms with Gasteiger partial charge in [0.25, 0.3) is 0 Å². The number of aryl methyl sites for hydroxylation is 1. The fraction of sp³-hybridized carbons (Fsp3) is 0.515. The first-order valence-corrected chi connectivity index (χ1v) is 14.7. The van der Waals surface area contributed by atoms with Gasteiger partial charge in [0, 0.05) is 19.5 Å². The van der Waals surface area contributed by atoms with Crippen LogP contribution in [-0.2, 0) is 30.3 Å². The maximum atomic E-state index is 14.4. The third kappa shape index (κ3) is 10.8. The molecule has 2 unspecified atom stereocenters. The van der Waals surface area contributed by atoms with Gasteiger partial charge in [-0.3, -0.25) is 14.4 Å². The van der Waals surface area contributed by atoms with Gasteiger partial charge in [-0.2, -0.15) is 0 Å². The fourth-order valence-corrected chi connectivity index (χ4v) is 4.53. The molecule has 0 aliphatic rings. The van der Waals surface area contributed by atoms with E-state index in [4.69, 9.17) is 9.47 Å². The number of carbonyl (C=O) groups is 4. The molecule has 2 atom stereocenters. The Morgan fingerprint density at radius 2 is 1.64 bits per heavy atom. The van der Waals surface area contributed by atoms with Crippen LogP contribution in [0.5, 0.6) is 0 Å². The minimum Gasteiger partial charge on any atom is -0.466 e. The van der Waals surface area contributed by atoms with Crippen LogP contribution >= 0.6 is 0 Å². The van der Waals surface area contributed by atoms with E-state index >= 15 is 0 Å². The number of hydrogen-bond donors (Lipinski definition) is 2. The van der Waals surface area contributed by atoms with Crippen molar-refractivity contribution >= 4 is 23.9 Å². The predicted octanol–water partition coefficient (Wildman–Crippen LogP) is 5.18. The Bertz CT molecular complexity index is 1190. The molecule has 0 spiro atoms. The second-order valence-corrected chi connectivity index (χ2v) is 11.3. The van der Waals surface area contributed by atoms with E-state index in [0.717, 1.165) is 23.1 Å². The molecule has 2 N–H and O–H groups in total. The van der Waals surface area contributed by atoms with Crippen molar-refractivity contribution in [2.24, 2.45) is 0 Å². The van der Waals surface area contributed by atoms with E-state index in [0.29, 0.717) is 18.5 Å². The van der Waals surface area contributed by atoms with Crippen LogP contribution in [0.15, 0.2) is 48.5 Å². The first kappa shape index (κ1) is 34.3. The van der Waals surface area contributed by atoms with Crippen molar-refractivity contribution in [2.75, 3.05) is 19.7 Å². The van der Waals surface area contributed by atoms with Gasteiger partial charge in [-0.05, 0) is 70.2 Å². The average Bonchev–Trinajstić information content (AvgIpc) is 2.92. The normalized spacial score (nSPS) is 12.5. The first-order valence-electron chi connectivity index (χ1n) is 14.7. The third-order valence-corrected chi connectivity index (χ3v) is 6.74. The molecule has 0 aliphatic heterocycles. The zero-order valence-corrected chi connectivity index (χ0v) is 26.1. The number of alkyl carbamates (subject to hydrolysis) is 1. The summed E-state index contributed by atoms with van der Waals surface area (Å²) in [5, 5.41) is 5.62. The summed E-state index contributed by atoms with van der Waals surface area (Å²) in [5.74, 6) is -1.22. The Morgan fingerprint density at radius 3 is 2.26 bits per heavy atom. The van der Waals surface area contributed by atoms with Gasteiger partial charge in [0.2, 0.25) is 11.8 Å². The van der Waals surface area contributed by atoms with E-state index in [2.05, 4.69) is 10.6 Å². The van der Waals surface area contributed by atoms with Crippen molar-refractivity contribution in [3.8, 4) is 0 Å². The van der Waals surface area contributed by atoms with Crippen molar-refractivity contribution in [3.05, 3.63) is 70.8 Å². The Morgan fingerprint density at radius 1 is 0.952 bits per heavy atom.